The number of amides is 1. The summed E-state index contributed by atoms with van der Waals surface area (Å²) in [5, 5.41) is 6.91. The number of carbonyl (C=O) groups excluding carboxylic acids is 2. The van der Waals surface area contributed by atoms with Gasteiger partial charge in [0.2, 0.25) is 5.91 Å². The Morgan fingerprint density at radius 3 is 2.94 bits per heavy atom. The molecule has 1 amide bonds. The highest BCUT2D eigenvalue weighted by Gasteiger charge is 2.21. The van der Waals surface area contributed by atoms with Crippen LogP contribution in [0.3, 0.4) is 0 Å². The van der Waals surface area contributed by atoms with Crippen molar-refractivity contribution in [2.45, 2.75) is 32.7 Å². The smallest absolute Gasteiger partial charge is 0.220 e. The van der Waals surface area contributed by atoms with Gasteiger partial charge in [-0.1, -0.05) is 0 Å². The van der Waals surface area contributed by atoms with Crippen LogP contribution < -0.4 is 10.6 Å². The highest BCUT2D eigenvalue weighted by atomic mass is 32.1. The number of ketones is 1. The zero-order chi connectivity index (χ0) is 12.4. The molecule has 2 rings (SSSR count). The van der Waals surface area contributed by atoms with Gasteiger partial charge in [0, 0.05) is 19.0 Å². The Morgan fingerprint density at radius 1 is 1.59 bits per heavy atom. The maximum absolute atomic E-state index is 11.5. The van der Waals surface area contributed by atoms with Crippen LogP contribution in [0.1, 0.15) is 35.8 Å². The van der Waals surface area contributed by atoms with E-state index in [1.807, 2.05) is 6.92 Å². The summed E-state index contributed by atoms with van der Waals surface area (Å²) in [6.07, 6.45) is 1.32. The lowest BCUT2D eigenvalue weighted by Crippen LogP contribution is -2.41. The molecule has 1 aromatic rings. The quantitative estimate of drug-likeness (QED) is 0.798. The van der Waals surface area contributed by atoms with Crippen LogP contribution in [-0.4, -0.2) is 28.7 Å². The Balaban J connectivity index is 2.08. The van der Waals surface area contributed by atoms with E-state index in [9.17, 15) is 9.59 Å². The number of nitrogens with zero attached hydrogens (tertiary/aromatic N) is 1. The molecule has 5 nitrogen and oxygen atoms in total. The van der Waals surface area contributed by atoms with Crippen LogP contribution in [0.2, 0.25) is 0 Å². The third-order valence-electron chi connectivity index (χ3n) is 2.82. The maximum Gasteiger partial charge on any atom is 0.220 e. The first-order chi connectivity index (χ1) is 8.08. The van der Waals surface area contributed by atoms with Crippen molar-refractivity contribution < 1.29 is 9.59 Å². The van der Waals surface area contributed by atoms with Crippen molar-refractivity contribution in [1.82, 2.24) is 9.69 Å². The van der Waals surface area contributed by atoms with Gasteiger partial charge < -0.3 is 10.6 Å². The molecule has 1 aliphatic rings. The van der Waals surface area contributed by atoms with Gasteiger partial charge in [-0.25, -0.2) is 0 Å². The molecule has 1 aromatic heterocycles. The van der Waals surface area contributed by atoms with Gasteiger partial charge in [0.15, 0.2) is 5.78 Å². The third-order valence-corrected chi connectivity index (χ3v) is 3.69. The minimum absolute atomic E-state index is 0.0265. The minimum atomic E-state index is 0.0265. The number of piperidine rings is 1. The zero-order valence-electron chi connectivity index (χ0n) is 9.87. The Bertz CT molecular complexity index is 446. The van der Waals surface area contributed by atoms with Gasteiger partial charge in [0.05, 0.1) is 11.3 Å². The van der Waals surface area contributed by atoms with Gasteiger partial charge in [0.25, 0.3) is 0 Å². The molecule has 1 atom stereocenters. The largest absolute Gasteiger partial charge is 0.371 e. The minimum Gasteiger partial charge on any atom is -0.371 e. The molecule has 1 aliphatic heterocycles. The van der Waals surface area contributed by atoms with Crippen molar-refractivity contribution in [2.24, 2.45) is 0 Å². The standard InChI is InChI=1S/C11H15N3O2S/c1-6-10(7(2)15)11(17-14-6)13-8-3-4-9(16)12-5-8/h8,13H,3-5H2,1-2H3,(H,12,16). The number of Topliss-reactive ketones (excluding diaryl/α,β-unsaturated/α-hetero) is 1. The van der Waals surface area contributed by atoms with E-state index in [2.05, 4.69) is 15.0 Å². The molecule has 0 aromatic carbocycles. The van der Waals surface area contributed by atoms with Gasteiger partial charge in [-0.2, -0.15) is 4.37 Å². The molecule has 2 N–H and O–H groups in total. The van der Waals surface area contributed by atoms with E-state index in [1.54, 1.807) is 6.92 Å². The number of hydrogen-bond acceptors (Lipinski definition) is 5. The van der Waals surface area contributed by atoms with Gasteiger partial charge in [-0.15, -0.1) is 0 Å². The summed E-state index contributed by atoms with van der Waals surface area (Å²) in [4.78, 5) is 22.5. The highest BCUT2D eigenvalue weighted by molar-refractivity contribution is 7.10. The fraction of sp³-hybridized carbons (Fsp3) is 0.545. The van der Waals surface area contributed by atoms with Crippen molar-refractivity contribution in [3.63, 3.8) is 0 Å². The lowest BCUT2D eigenvalue weighted by molar-refractivity contribution is -0.122. The SMILES string of the molecule is CC(=O)c1c(C)nsc1NC1CCC(=O)NC1. The molecule has 2 heterocycles. The number of aryl methyl sites for hydroxylation is 1. The van der Waals surface area contributed by atoms with Gasteiger partial charge >= 0.3 is 0 Å². The Morgan fingerprint density at radius 2 is 2.35 bits per heavy atom. The van der Waals surface area contributed by atoms with E-state index in [1.165, 1.54) is 11.5 Å². The molecule has 92 valence electrons. The Hall–Kier alpha value is -1.43. The van der Waals surface area contributed by atoms with Crippen LogP contribution in [-0.2, 0) is 4.79 Å². The summed E-state index contributed by atoms with van der Waals surface area (Å²) in [6.45, 7) is 3.98. The van der Waals surface area contributed by atoms with Crippen molar-refractivity contribution in [3.8, 4) is 0 Å². The molecule has 0 saturated carbocycles. The summed E-state index contributed by atoms with van der Waals surface area (Å²) in [5.74, 6) is 0.119. The normalized spacial score (nSPS) is 19.9. The molecule has 1 saturated heterocycles. The third kappa shape index (κ3) is 2.63. The molecule has 1 unspecified atom stereocenters. The molecular weight excluding hydrogens is 238 g/mol. The lowest BCUT2D eigenvalue weighted by Gasteiger charge is -2.23. The number of anilines is 1. The molecule has 0 bridgehead atoms. The first kappa shape index (κ1) is 12.0. The maximum atomic E-state index is 11.5. The summed E-state index contributed by atoms with van der Waals surface area (Å²) in [5.41, 5.74) is 1.44. The summed E-state index contributed by atoms with van der Waals surface area (Å²) in [6, 6.07) is 0.186. The Kier molecular flexibility index (Phi) is 3.42. The zero-order valence-corrected chi connectivity index (χ0v) is 10.7. The van der Waals surface area contributed by atoms with E-state index < -0.39 is 0 Å². The Labute approximate surface area is 104 Å². The van der Waals surface area contributed by atoms with E-state index in [0.29, 0.717) is 18.5 Å². The van der Waals surface area contributed by atoms with Crippen molar-refractivity contribution >= 4 is 28.2 Å². The van der Waals surface area contributed by atoms with E-state index in [-0.39, 0.29) is 17.7 Å². The average molecular weight is 253 g/mol. The summed E-state index contributed by atoms with van der Waals surface area (Å²) >= 11 is 1.30. The first-order valence-electron chi connectivity index (χ1n) is 5.58. The van der Waals surface area contributed by atoms with Gasteiger partial charge in [-0.05, 0) is 31.8 Å². The number of rotatable bonds is 3. The molecule has 0 spiro atoms. The fourth-order valence-corrected chi connectivity index (χ4v) is 2.85. The molecule has 0 aliphatic carbocycles. The van der Waals surface area contributed by atoms with Gasteiger partial charge in [-0.3, -0.25) is 9.59 Å². The van der Waals surface area contributed by atoms with Crippen LogP contribution >= 0.6 is 11.5 Å². The predicted octanol–water partition coefficient (Wildman–Crippen LogP) is 1.34. The first-order valence-corrected chi connectivity index (χ1v) is 6.35. The van der Waals surface area contributed by atoms with E-state index >= 15 is 0 Å². The van der Waals surface area contributed by atoms with Crippen molar-refractivity contribution in [2.75, 3.05) is 11.9 Å². The molecular formula is C11H15N3O2S. The molecule has 1 fully saturated rings. The number of hydrogen-bond donors (Lipinski definition) is 2. The van der Waals surface area contributed by atoms with Crippen LogP contribution in [0.5, 0.6) is 0 Å². The monoisotopic (exact) mass is 253 g/mol. The predicted molar refractivity (Wildman–Crippen MR) is 66.5 cm³/mol. The average Bonchev–Trinajstić information content (AvgIpc) is 2.63. The van der Waals surface area contributed by atoms with Crippen LogP contribution in [0, 0.1) is 6.92 Å². The van der Waals surface area contributed by atoms with Crippen molar-refractivity contribution in [1.29, 1.82) is 0 Å². The highest BCUT2D eigenvalue weighted by Crippen LogP contribution is 2.26. The summed E-state index contributed by atoms with van der Waals surface area (Å²) < 4.78 is 4.19. The van der Waals surface area contributed by atoms with E-state index in [0.717, 1.165) is 17.1 Å². The van der Waals surface area contributed by atoms with Crippen LogP contribution in [0.25, 0.3) is 0 Å². The summed E-state index contributed by atoms with van der Waals surface area (Å²) in [7, 11) is 0. The number of aromatic nitrogens is 1. The molecule has 17 heavy (non-hydrogen) atoms. The van der Waals surface area contributed by atoms with Crippen LogP contribution in [0.4, 0.5) is 5.00 Å². The number of carbonyl (C=O) groups is 2. The second-order valence-electron chi connectivity index (χ2n) is 4.21. The molecule has 0 radical (unpaired) electrons. The molecule has 6 heteroatoms. The topological polar surface area (TPSA) is 71.1 Å². The van der Waals surface area contributed by atoms with Crippen LogP contribution in [0.15, 0.2) is 0 Å². The number of nitrogens with one attached hydrogen (secondary N) is 2. The second-order valence-corrected chi connectivity index (χ2v) is 4.99. The second kappa shape index (κ2) is 4.83. The van der Waals surface area contributed by atoms with E-state index in [4.69, 9.17) is 0 Å². The van der Waals surface area contributed by atoms with Crippen molar-refractivity contribution in [3.05, 3.63) is 11.3 Å². The lowest BCUT2D eigenvalue weighted by atomic mass is 10.1. The fourth-order valence-electron chi connectivity index (χ4n) is 1.92. The van der Waals surface area contributed by atoms with Gasteiger partial charge in [0.1, 0.15) is 5.00 Å².